The molecule has 6 rings (SSSR count). The molecule has 0 spiro atoms. The Kier molecular flexibility index (Phi) is 9.80. The molecule has 2 amide bonds. The zero-order valence-electron chi connectivity index (χ0n) is 26.1. The third-order valence-corrected chi connectivity index (χ3v) is 9.42. The van der Waals surface area contributed by atoms with Crippen molar-refractivity contribution in [1.29, 1.82) is 0 Å². The molecule has 7 nitrogen and oxygen atoms in total. The molecule has 1 saturated heterocycles. The molecular formula is C36H37ClF3N3O4. The molecule has 0 aromatic heterocycles. The molecule has 1 aliphatic carbocycles. The number of rotatable bonds is 11. The number of benzene rings is 3. The summed E-state index contributed by atoms with van der Waals surface area (Å²) in [6.45, 7) is 2.83. The Bertz CT molecular complexity index is 1680. The van der Waals surface area contributed by atoms with Gasteiger partial charge in [-0.1, -0.05) is 54.1 Å². The van der Waals surface area contributed by atoms with Gasteiger partial charge in [-0.25, -0.2) is 13.6 Å². The van der Waals surface area contributed by atoms with Crippen molar-refractivity contribution in [3.05, 3.63) is 105 Å². The summed E-state index contributed by atoms with van der Waals surface area (Å²) in [6, 6.07) is 16.7. The lowest BCUT2D eigenvalue weighted by Gasteiger charge is -2.43. The SMILES string of the molecule is CCOC(=O)N1C[C@H]2CC(c3ccc(CCCOc4c(F)ccc(F)c4F)cc3)=C(C(=O)NC3(Cc4ccccc4Cl)CC3)[C@@H](C1)N2. The predicted molar refractivity (Wildman–Crippen MR) is 173 cm³/mol. The first-order chi connectivity index (χ1) is 22.7. The van der Waals surface area contributed by atoms with E-state index >= 15 is 0 Å². The average Bonchev–Trinajstić information content (AvgIpc) is 3.82. The van der Waals surface area contributed by atoms with E-state index in [9.17, 15) is 22.8 Å². The largest absolute Gasteiger partial charge is 0.488 e. The summed E-state index contributed by atoms with van der Waals surface area (Å²) in [7, 11) is 0. The number of hydrogen-bond donors (Lipinski definition) is 2. The number of carbonyl (C=O) groups excluding carboxylic acids is 2. The normalized spacial score (nSPS) is 19.7. The van der Waals surface area contributed by atoms with Gasteiger partial charge in [0.1, 0.15) is 0 Å². The van der Waals surface area contributed by atoms with Crippen LogP contribution in [0.4, 0.5) is 18.0 Å². The second-order valence-electron chi connectivity index (χ2n) is 12.4. The first-order valence-corrected chi connectivity index (χ1v) is 16.4. The van der Waals surface area contributed by atoms with E-state index in [-0.39, 0.29) is 42.8 Å². The van der Waals surface area contributed by atoms with E-state index in [4.69, 9.17) is 21.1 Å². The first kappa shape index (κ1) is 32.9. The molecule has 0 unspecified atom stereocenters. The number of hydrogen-bond acceptors (Lipinski definition) is 5. The van der Waals surface area contributed by atoms with Crippen LogP contribution >= 0.6 is 11.6 Å². The van der Waals surface area contributed by atoms with E-state index in [0.29, 0.717) is 49.4 Å². The van der Waals surface area contributed by atoms with Gasteiger partial charge in [0.2, 0.25) is 11.7 Å². The number of carbonyl (C=O) groups is 2. The molecule has 2 N–H and O–H groups in total. The number of nitrogens with zero attached hydrogens (tertiary/aromatic N) is 1. The minimum absolute atomic E-state index is 0.0104. The zero-order chi connectivity index (χ0) is 33.1. The van der Waals surface area contributed by atoms with Crippen LogP contribution in [0.1, 0.15) is 49.3 Å². The Labute approximate surface area is 277 Å². The van der Waals surface area contributed by atoms with Crippen molar-refractivity contribution in [3.63, 3.8) is 0 Å². The van der Waals surface area contributed by atoms with Gasteiger partial charge in [-0.15, -0.1) is 0 Å². The fraction of sp³-hybridized carbons (Fsp3) is 0.389. The van der Waals surface area contributed by atoms with Crippen LogP contribution in [0.3, 0.4) is 0 Å². The third kappa shape index (κ3) is 7.44. The van der Waals surface area contributed by atoms with Crippen molar-refractivity contribution in [3.8, 4) is 5.75 Å². The van der Waals surface area contributed by atoms with Crippen LogP contribution in [-0.4, -0.2) is 60.8 Å². The minimum atomic E-state index is -1.34. The quantitative estimate of drug-likeness (QED) is 0.178. The Morgan fingerprint density at radius 2 is 1.77 bits per heavy atom. The van der Waals surface area contributed by atoms with Crippen LogP contribution in [0.15, 0.2) is 66.2 Å². The summed E-state index contributed by atoms with van der Waals surface area (Å²) in [4.78, 5) is 28.5. The number of ether oxygens (including phenoxy) is 2. The maximum Gasteiger partial charge on any atom is 0.409 e. The molecule has 2 fully saturated rings. The van der Waals surface area contributed by atoms with Gasteiger partial charge in [0.15, 0.2) is 17.4 Å². The fourth-order valence-electron chi connectivity index (χ4n) is 6.52. The highest BCUT2D eigenvalue weighted by atomic mass is 35.5. The monoisotopic (exact) mass is 667 g/mol. The lowest BCUT2D eigenvalue weighted by atomic mass is 9.82. The molecule has 3 aromatic carbocycles. The van der Waals surface area contributed by atoms with Crippen LogP contribution in [-0.2, 0) is 22.4 Å². The van der Waals surface area contributed by atoms with Crippen LogP contribution in [0.2, 0.25) is 5.02 Å². The van der Waals surface area contributed by atoms with Gasteiger partial charge >= 0.3 is 6.09 Å². The van der Waals surface area contributed by atoms with Crippen molar-refractivity contribution in [2.24, 2.45) is 0 Å². The maximum atomic E-state index is 14.2. The third-order valence-electron chi connectivity index (χ3n) is 9.05. The molecular weight excluding hydrogens is 631 g/mol. The molecule has 2 aliphatic heterocycles. The van der Waals surface area contributed by atoms with Crippen molar-refractivity contribution in [2.45, 2.75) is 63.1 Å². The van der Waals surface area contributed by atoms with Crippen molar-refractivity contribution in [1.82, 2.24) is 15.5 Å². The van der Waals surface area contributed by atoms with E-state index in [1.807, 2.05) is 48.5 Å². The zero-order valence-corrected chi connectivity index (χ0v) is 26.8. The van der Waals surface area contributed by atoms with Gasteiger partial charge < -0.3 is 25.0 Å². The van der Waals surface area contributed by atoms with Crippen molar-refractivity contribution < 1.29 is 32.2 Å². The van der Waals surface area contributed by atoms with Crippen LogP contribution < -0.4 is 15.4 Å². The van der Waals surface area contributed by atoms with E-state index in [1.165, 1.54) is 0 Å². The molecule has 3 aromatic rings. The van der Waals surface area contributed by atoms with Crippen molar-refractivity contribution >= 4 is 29.2 Å². The summed E-state index contributed by atoms with van der Waals surface area (Å²) in [5, 5.41) is 7.57. The second kappa shape index (κ2) is 14.0. The number of aryl methyl sites for hydroxylation is 1. The molecule has 1 saturated carbocycles. The molecule has 248 valence electrons. The van der Waals surface area contributed by atoms with Gasteiger partial charge in [-0.2, -0.15) is 4.39 Å². The van der Waals surface area contributed by atoms with Crippen LogP contribution in [0.5, 0.6) is 5.75 Å². The van der Waals surface area contributed by atoms with E-state index < -0.39 is 23.2 Å². The molecule has 11 heteroatoms. The number of piperazine rings is 1. The molecule has 2 atom stereocenters. The molecule has 3 aliphatic rings. The van der Waals surface area contributed by atoms with Crippen LogP contribution in [0.25, 0.3) is 5.57 Å². The van der Waals surface area contributed by atoms with Gasteiger partial charge in [-0.05, 0) is 85.9 Å². The molecule has 47 heavy (non-hydrogen) atoms. The van der Waals surface area contributed by atoms with E-state index in [0.717, 1.165) is 47.2 Å². The summed E-state index contributed by atoms with van der Waals surface area (Å²) >= 11 is 6.45. The Morgan fingerprint density at radius 1 is 1.02 bits per heavy atom. The number of amides is 2. The highest BCUT2D eigenvalue weighted by molar-refractivity contribution is 6.31. The molecule has 2 bridgehead atoms. The topological polar surface area (TPSA) is 79.9 Å². The van der Waals surface area contributed by atoms with Gasteiger partial charge in [0.25, 0.3) is 0 Å². The highest BCUT2D eigenvalue weighted by Gasteiger charge is 2.47. The predicted octanol–water partition coefficient (Wildman–Crippen LogP) is 6.62. The Morgan fingerprint density at radius 3 is 2.49 bits per heavy atom. The standard InChI is InChI=1S/C36H37ClF3N3O4/c1-2-46-35(45)43-20-25-18-26(23-11-9-22(10-12-23)6-5-17-47-33-29(39)14-13-28(38)32(33)40)31(30(21-43)41-25)34(44)42-36(15-16-36)19-24-7-3-4-8-27(24)37/h3-4,7-14,25,30,41H,2,5-6,15-21H2,1H3,(H,42,44)/t25-,30-/m1/s1. The Hall–Kier alpha value is -4.02. The average molecular weight is 668 g/mol. The second-order valence-corrected chi connectivity index (χ2v) is 12.8. The highest BCUT2D eigenvalue weighted by Crippen LogP contribution is 2.41. The number of fused-ring (bicyclic) bond motifs is 2. The maximum absolute atomic E-state index is 14.2. The lowest BCUT2D eigenvalue weighted by Crippen LogP contribution is -2.62. The molecule has 2 heterocycles. The van der Waals surface area contributed by atoms with E-state index in [1.54, 1.807) is 11.8 Å². The van der Waals surface area contributed by atoms with Gasteiger partial charge in [0, 0.05) is 35.3 Å². The van der Waals surface area contributed by atoms with E-state index in [2.05, 4.69) is 10.6 Å². The van der Waals surface area contributed by atoms with Crippen molar-refractivity contribution in [2.75, 3.05) is 26.3 Å². The smallest absolute Gasteiger partial charge is 0.409 e. The van der Waals surface area contributed by atoms with Gasteiger partial charge in [0.05, 0.1) is 19.3 Å². The summed E-state index contributed by atoms with van der Waals surface area (Å²) < 4.78 is 51.7. The first-order valence-electron chi connectivity index (χ1n) is 16.0. The van der Waals surface area contributed by atoms with Gasteiger partial charge in [-0.3, -0.25) is 4.79 Å². The fourth-order valence-corrected chi connectivity index (χ4v) is 6.73. The number of halogens is 4. The number of nitrogens with one attached hydrogen (secondary N) is 2. The summed E-state index contributed by atoms with van der Waals surface area (Å²) in [6.07, 6.45) is 3.50. The lowest BCUT2D eigenvalue weighted by molar-refractivity contribution is -0.119. The van der Waals surface area contributed by atoms with Crippen LogP contribution in [0, 0.1) is 17.5 Å². The summed E-state index contributed by atoms with van der Waals surface area (Å²) in [5.74, 6) is -4.32. The minimum Gasteiger partial charge on any atom is -0.488 e. The Balaban J connectivity index is 1.19. The summed E-state index contributed by atoms with van der Waals surface area (Å²) in [5.41, 5.74) is 4.04. The molecule has 0 radical (unpaired) electrons.